The first kappa shape index (κ1) is 45.1. The van der Waals surface area contributed by atoms with Gasteiger partial charge in [-0.15, -0.1) is 0 Å². The predicted molar refractivity (Wildman–Crippen MR) is 191 cm³/mol. The molecule has 0 spiro atoms. The fraction of sp³-hybridized carbons (Fsp3) is 0.703. The fourth-order valence-corrected chi connectivity index (χ4v) is 9.44. The number of alkyl halides is 7. The lowest BCUT2D eigenvalue weighted by atomic mass is 9.79. The summed E-state index contributed by atoms with van der Waals surface area (Å²) in [5.41, 5.74) is -9.33. The highest BCUT2D eigenvalue weighted by molar-refractivity contribution is 7.91. The van der Waals surface area contributed by atoms with Crippen LogP contribution in [-0.2, 0) is 33.9 Å². The molecule has 21 heteroatoms. The van der Waals surface area contributed by atoms with E-state index in [4.69, 9.17) is 0 Å². The molecule has 5 aliphatic rings. The summed E-state index contributed by atoms with van der Waals surface area (Å²) in [4.78, 5) is 67.8. The molecule has 4 N–H and O–H groups in total. The van der Waals surface area contributed by atoms with Gasteiger partial charge < -0.3 is 20.5 Å². The lowest BCUT2D eigenvalue weighted by Crippen LogP contribution is -2.57. The Hall–Kier alpha value is -4.01. The van der Waals surface area contributed by atoms with Gasteiger partial charge in [0.1, 0.15) is 23.0 Å². The number of sulfonamides is 1. The molecule has 7 atom stereocenters. The van der Waals surface area contributed by atoms with Crippen molar-refractivity contribution in [3.05, 3.63) is 34.9 Å². The number of hydrogen-bond acceptors (Lipinski definition) is 9. The van der Waals surface area contributed by atoms with E-state index in [1.54, 1.807) is 16.3 Å². The van der Waals surface area contributed by atoms with Crippen LogP contribution in [-0.4, -0.2) is 108 Å². The van der Waals surface area contributed by atoms with Gasteiger partial charge in [-0.05, 0) is 101 Å². The molecule has 2 saturated carbocycles. The molecule has 0 aromatic rings. The van der Waals surface area contributed by atoms with E-state index in [0.29, 0.717) is 32.8 Å². The molecule has 3 amide bonds. The molecule has 13 nitrogen and oxygen atoms in total. The van der Waals surface area contributed by atoms with Crippen LogP contribution in [0.25, 0.3) is 0 Å². The van der Waals surface area contributed by atoms with Gasteiger partial charge in [-0.1, -0.05) is 26.0 Å². The third-order valence-electron chi connectivity index (χ3n) is 11.9. The summed E-state index contributed by atoms with van der Waals surface area (Å²) in [6.45, 7) is 3.46. The Morgan fingerprint density at radius 1 is 1.03 bits per heavy atom. The van der Waals surface area contributed by atoms with E-state index in [-0.39, 0.29) is 44.2 Å². The van der Waals surface area contributed by atoms with Gasteiger partial charge in [0.15, 0.2) is 5.78 Å². The summed E-state index contributed by atoms with van der Waals surface area (Å²) in [6, 6.07) is -3.88. The number of amides is 3. The Balaban J connectivity index is 1.49. The number of fused-ring (bicyclic) bond motifs is 2. The molecule has 2 heterocycles. The molecule has 5 rings (SSSR count). The Morgan fingerprint density at radius 2 is 1.67 bits per heavy atom. The van der Waals surface area contributed by atoms with E-state index in [9.17, 15) is 68.2 Å². The molecule has 324 valence electrons. The second kappa shape index (κ2) is 15.9. The monoisotopic (exact) mass is 856 g/mol. The number of nitrogens with one attached hydrogen (secondary N) is 3. The minimum Gasteiger partial charge on any atom is -0.478 e. The third kappa shape index (κ3) is 9.08. The highest BCUT2D eigenvalue weighted by Crippen LogP contribution is 2.49. The molecule has 0 unspecified atom stereocenters. The average molecular weight is 857 g/mol. The number of rotatable bonds is 8. The van der Waals surface area contributed by atoms with Gasteiger partial charge in [-0.25, -0.2) is 22.4 Å². The predicted octanol–water partition coefficient (Wildman–Crippen LogP) is 4.79. The van der Waals surface area contributed by atoms with Crippen LogP contribution in [0.3, 0.4) is 0 Å². The minimum absolute atomic E-state index is 0.0166. The summed E-state index contributed by atoms with van der Waals surface area (Å²) in [5, 5.41) is 14.2. The second-order valence-electron chi connectivity index (χ2n) is 16.8. The molecule has 0 radical (unpaired) electrons. The van der Waals surface area contributed by atoms with Crippen LogP contribution in [0.15, 0.2) is 34.9 Å². The van der Waals surface area contributed by atoms with Gasteiger partial charge in [0.05, 0.1) is 17.2 Å². The van der Waals surface area contributed by atoms with E-state index in [0.717, 1.165) is 12.8 Å². The van der Waals surface area contributed by atoms with Gasteiger partial charge in [0.2, 0.25) is 21.5 Å². The summed E-state index contributed by atoms with van der Waals surface area (Å²) in [6.07, 6.45) is -6.63. The van der Waals surface area contributed by atoms with Crippen molar-refractivity contribution in [2.75, 3.05) is 19.8 Å². The molecular weight excluding hydrogens is 809 g/mol. The molecule has 3 aliphatic carbocycles. The number of carbonyl (C=O) groups is 5. The summed E-state index contributed by atoms with van der Waals surface area (Å²) in [5.74, 6) is -7.43. The number of carbonyl (C=O) groups excluding carboxylic acids is 4. The summed E-state index contributed by atoms with van der Waals surface area (Å²) >= 11 is 0. The molecule has 58 heavy (non-hydrogen) atoms. The Bertz CT molecular complexity index is 1910. The van der Waals surface area contributed by atoms with Crippen LogP contribution in [0.1, 0.15) is 79.1 Å². The van der Waals surface area contributed by atoms with Crippen molar-refractivity contribution in [2.24, 2.45) is 23.7 Å². The van der Waals surface area contributed by atoms with E-state index in [1.165, 1.54) is 0 Å². The third-order valence-corrected chi connectivity index (χ3v) is 14.0. The summed E-state index contributed by atoms with van der Waals surface area (Å²) < 4.78 is 129. The van der Waals surface area contributed by atoms with E-state index >= 15 is 0 Å². The lowest BCUT2D eigenvalue weighted by Gasteiger charge is -2.31. The second-order valence-corrected chi connectivity index (χ2v) is 18.9. The standard InChI is InChI=1S/C37H47F7N4O9S/c1-19-7-5-6-8-22-16-35(22,31(53)47-58(55,56)34(18-38)10-11-34)46-29(50)24-14-21(17-48(24)12-9-20(2)13-19)23-15-25(49)28(26(30(51)52)27(23)36(39,40)41)45-32(54)57-33(3,4)37(42,43)44/h6,8,15,19-22,24,28H,5,7,9-14,16-18H2,1-4H3,(H,45,54)(H,46,50)(H,47,53)(H,51,52)/b8-6-/t19-,20-,21-,22+,24-,28+,35+/m0/s1. The number of halogens is 7. The molecule has 1 saturated heterocycles. The molecule has 3 fully saturated rings. The van der Waals surface area contributed by atoms with Crippen molar-refractivity contribution in [1.29, 1.82) is 0 Å². The molecule has 0 aromatic heterocycles. The smallest absolute Gasteiger partial charge is 0.427 e. The van der Waals surface area contributed by atoms with Crippen molar-refractivity contribution >= 4 is 39.7 Å². The first-order chi connectivity index (χ1) is 26.7. The van der Waals surface area contributed by atoms with E-state index in [2.05, 4.69) is 10.1 Å². The maximum atomic E-state index is 15.0. The van der Waals surface area contributed by atoms with Crippen LogP contribution in [0.5, 0.6) is 0 Å². The lowest BCUT2D eigenvalue weighted by molar-refractivity contribution is -0.244. The van der Waals surface area contributed by atoms with Crippen LogP contribution in [0.4, 0.5) is 35.5 Å². The van der Waals surface area contributed by atoms with Crippen molar-refractivity contribution in [3.63, 3.8) is 0 Å². The largest absolute Gasteiger partial charge is 0.478 e. The average Bonchev–Trinajstić information content (AvgIpc) is 3.99. The van der Waals surface area contributed by atoms with Gasteiger partial charge in [0, 0.05) is 12.5 Å². The number of nitrogens with zero attached hydrogens (tertiary/aromatic N) is 1. The molecule has 0 aromatic carbocycles. The van der Waals surface area contributed by atoms with Gasteiger partial charge in [-0.2, -0.15) is 26.3 Å². The number of ether oxygens (including phenoxy) is 1. The zero-order valence-electron chi connectivity index (χ0n) is 32.2. The topological polar surface area (TPSA) is 188 Å². The number of ketones is 1. The number of carboxylic acids is 1. The van der Waals surface area contributed by atoms with Gasteiger partial charge in [-0.3, -0.25) is 24.0 Å². The zero-order chi connectivity index (χ0) is 43.4. The highest BCUT2D eigenvalue weighted by atomic mass is 32.2. The normalized spacial score (nSPS) is 31.7. The number of carboxylic acid groups (broad SMARTS) is 1. The number of allylic oxidation sites excluding steroid dienone is 2. The number of aliphatic carboxylic acids is 1. The molecular formula is C37H47F7N4O9S. The van der Waals surface area contributed by atoms with Crippen LogP contribution in [0, 0.1) is 23.7 Å². The van der Waals surface area contributed by atoms with Crippen LogP contribution in [0.2, 0.25) is 0 Å². The Labute approximate surface area is 330 Å². The number of hydrogen-bond donors (Lipinski definition) is 4. The van der Waals surface area contributed by atoms with Crippen molar-refractivity contribution in [2.45, 2.75) is 119 Å². The first-order valence-corrected chi connectivity index (χ1v) is 20.4. The molecule has 0 bridgehead atoms. The van der Waals surface area contributed by atoms with Gasteiger partial charge in [0.25, 0.3) is 5.91 Å². The Kier molecular flexibility index (Phi) is 12.3. The minimum atomic E-state index is -5.50. The maximum Gasteiger partial charge on any atom is 0.427 e. The summed E-state index contributed by atoms with van der Waals surface area (Å²) in [7, 11) is -4.51. The van der Waals surface area contributed by atoms with E-state index < -0.39 is 122 Å². The number of alkyl carbamates (subject to hydrolysis) is 1. The molecule has 2 aliphatic heterocycles. The fourth-order valence-electron chi connectivity index (χ4n) is 8.02. The zero-order valence-corrected chi connectivity index (χ0v) is 33.0. The van der Waals surface area contributed by atoms with Crippen molar-refractivity contribution in [3.8, 4) is 0 Å². The SMILES string of the molecule is C[C@H]1CC/C=C\[C@@H]2C[C@@]2(C(=O)NS(=O)(=O)C2(CF)CC2)NC(=O)[C@@H]2C[C@H](C3=CC(=O)[C@@H](NC(=O)OC(C)(C)C(F)(F)F)C(C(=O)O)=C3C(F)(F)F)CN2CC[C@H](C)C1. The van der Waals surface area contributed by atoms with Crippen molar-refractivity contribution < 1.29 is 73.0 Å². The maximum absolute atomic E-state index is 15.0. The highest BCUT2D eigenvalue weighted by Gasteiger charge is 2.64. The quantitative estimate of drug-likeness (QED) is 0.195. The first-order valence-electron chi connectivity index (χ1n) is 18.9. The van der Waals surface area contributed by atoms with Crippen molar-refractivity contribution in [1.82, 2.24) is 20.3 Å². The Morgan fingerprint density at radius 3 is 2.24 bits per heavy atom. The van der Waals surface area contributed by atoms with Crippen LogP contribution >= 0.6 is 0 Å². The van der Waals surface area contributed by atoms with Crippen LogP contribution < -0.4 is 15.4 Å². The van der Waals surface area contributed by atoms with Gasteiger partial charge >= 0.3 is 24.4 Å². The van der Waals surface area contributed by atoms with E-state index in [1.807, 2.05) is 24.6 Å².